The first kappa shape index (κ1) is 7.02. The van der Waals surface area contributed by atoms with E-state index in [4.69, 9.17) is 4.55 Å². The highest BCUT2D eigenvalue weighted by Gasteiger charge is 2.22. The lowest BCUT2D eigenvalue weighted by molar-refractivity contribution is 0.338. The van der Waals surface area contributed by atoms with E-state index in [1.165, 1.54) is 0 Å². The molecule has 3 nitrogen and oxygen atoms in total. The van der Waals surface area contributed by atoms with Gasteiger partial charge in [-0.15, -0.1) is 0 Å². The van der Waals surface area contributed by atoms with Gasteiger partial charge < -0.3 is 0 Å². The summed E-state index contributed by atoms with van der Waals surface area (Å²) in [6.45, 7) is 0. The maximum atomic E-state index is 10.2. The van der Waals surface area contributed by atoms with Crippen molar-refractivity contribution in [1.82, 2.24) is 0 Å². The summed E-state index contributed by atoms with van der Waals surface area (Å²) < 4.78 is 28.7. The van der Waals surface area contributed by atoms with Gasteiger partial charge in [-0.2, -0.15) is 8.42 Å². The first-order valence-corrected chi connectivity index (χ1v) is 4.64. The van der Waals surface area contributed by atoms with Crippen LogP contribution >= 0.6 is 0 Å². The zero-order chi connectivity index (χ0) is 6.91. The van der Waals surface area contributed by atoms with E-state index in [1.807, 2.05) is 0 Å². The molecular weight excluding hydrogens is 140 g/mol. The van der Waals surface area contributed by atoms with Gasteiger partial charge in [0.05, 0.1) is 5.75 Å². The number of rotatable bonds is 2. The Morgan fingerprint density at radius 3 is 2.11 bits per heavy atom. The molecule has 0 unspecified atom stereocenters. The highest BCUT2D eigenvalue weighted by atomic mass is 32.2. The van der Waals surface area contributed by atoms with Crippen molar-refractivity contribution in [1.29, 1.82) is 0 Å². The minimum Gasteiger partial charge on any atom is -0.286 e. The second kappa shape index (κ2) is 2.27. The second-order valence-corrected chi connectivity index (χ2v) is 4.04. The molecule has 0 spiro atoms. The first-order chi connectivity index (χ1) is 4.08. The molecule has 9 heavy (non-hydrogen) atoms. The lowest BCUT2D eigenvalue weighted by Gasteiger charge is -2.23. The average Bonchev–Trinajstić information content (AvgIpc) is 1.53. The summed E-state index contributed by atoms with van der Waals surface area (Å²) in [5.74, 6) is 0.201. The molecule has 1 saturated carbocycles. The quantitative estimate of drug-likeness (QED) is 0.589. The van der Waals surface area contributed by atoms with Crippen LogP contribution in [-0.2, 0) is 10.1 Å². The third kappa shape index (κ3) is 2.32. The van der Waals surface area contributed by atoms with E-state index in [1.54, 1.807) is 0 Å². The molecule has 1 aliphatic carbocycles. The van der Waals surface area contributed by atoms with Crippen LogP contribution in [0, 0.1) is 5.92 Å². The molecule has 1 aliphatic rings. The fourth-order valence-electron chi connectivity index (χ4n) is 0.957. The predicted molar refractivity (Wildman–Crippen MR) is 33.8 cm³/mol. The molecule has 0 bridgehead atoms. The van der Waals surface area contributed by atoms with Gasteiger partial charge in [0.15, 0.2) is 0 Å². The van der Waals surface area contributed by atoms with Gasteiger partial charge in [-0.05, 0) is 18.8 Å². The van der Waals surface area contributed by atoms with Crippen LogP contribution in [0.5, 0.6) is 0 Å². The molecule has 1 N–H and O–H groups in total. The Bertz CT molecular complexity index is 178. The Balaban J connectivity index is 2.33. The summed E-state index contributed by atoms with van der Waals surface area (Å²) in [5, 5.41) is 0. The van der Waals surface area contributed by atoms with E-state index in [9.17, 15) is 8.42 Å². The Morgan fingerprint density at radius 1 is 1.44 bits per heavy atom. The minimum atomic E-state index is -3.68. The molecule has 0 radical (unpaired) electrons. The highest BCUT2D eigenvalue weighted by Crippen LogP contribution is 2.27. The summed E-state index contributed by atoms with van der Waals surface area (Å²) in [7, 11) is -3.68. The maximum absolute atomic E-state index is 10.2. The van der Waals surface area contributed by atoms with Crippen LogP contribution in [0.25, 0.3) is 0 Å². The van der Waals surface area contributed by atoms with Crippen molar-refractivity contribution < 1.29 is 13.0 Å². The molecule has 1 rings (SSSR count). The lowest BCUT2D eigenvalue weighted by Crippen LogP contribution is -2.21. The molecular formula is C5H10O3S. The van der Waals surface area contributed by atoms with E-state index in [0.717, 1.165) is 19.3 Å². The Kier molecular flexibility index (Phi) is 1.77. The summed E-state index contributed by atoms with van der Waals surface area (Å²) in [6.07, 6.45) is 3.03. The van der Waals surface area contributed by atoms with Gasteiger partial charge >= 0.3 is 0 Å². The van der Waals surface area contributed by atoms with Gasteiger partial charge in [0.2, 0.25) is 0 Å². The van der Waals surface area contributed by atoms with Crippen molar-refractivity contribution in [2.24, 2.45) is 5.92 Å². The molecule has 0 amide bonds. The summed E-state index contributed by atoms with van der Waals surface area (Å²) in [4.78, 5) is 0. The van der Waals surface area contributed by atoms with Crippen molar-refractivity contribution in [2.75, 3.05) is 5.75 Å². The molecule has 0 atom stereocenters. The van der Waals surface area contributed by atoms with Gasteiger partial charge in [0.25, 0.3) is 10.1 Å². The predicted octanol–water partition coefficient (Wildman–Crippen LogP) is 0.674. The van der Waals surface area contributed by atoms with E-state index in [-0.39, 0.29) is 11.7 Å². The van der Waals surface area contributed by atoms with E-state index < -0.39 is 10.1 Å². The van der Waals surface area contributed by atoms with Crippen molar-refractivity contribution >= 4 is 10.1 Å². The molecule has 0 heterocycles. The van der Waals surface area contributed by atoms with Crippen LogP contribution in [0.1, 0.15) is 19.3 Å². The van der Waals surface area contributed by atoms with Gasteiger partial charge in [-0.1, -0.05) is 6.42 Å². The molecule has 0 aromatic heterocycles. The molecule has 4 heteroatoms. The largest absolute Gasteiger partial charge is 0.286 e. The highest BCUT2D eigenvalue weighted by molar-refractivity contribution is 7.85. The van der Waals surface area contributed by atoms with E-state index in [0.29, 0.717) is 0 Å². The maximum Gasteiger partial charge on any atom is 0.265 e. The zero-order valence-corrected chi connectivity index (χ0v) is 5.89. The van der Waals surface area contributed by atoms with Gasteiger partial charge in [0, 0.05) is 0 Å². The van der Waals surface area contributed by atoms with Gasteiger partial charge in [0.1, 0.15) is 0 Å². The molecule has 0 saturated heterocycles. The Labute approximate surface area is 54.8 Å². The SMILES string of the molecule is O=S(=O)(O)CC1CCC1. The smallest absolute Gasteiger partial charge is 0.265 e. The third-order valence-electron chi connectivity index (χ3n) is 1.67. The number of hydrogen-bond acceptors (Lipinski definition) is 2. The van der Waals surface area contributed by atoms with Crippen molar-refractivity contribution in [3.8, 4) is 0 Å². The minimum absolute atomic E-state index is 0.0347. The first-order valence-electron chi connectivity index (χ1n) is 3.03. The topological polar surface area (TPSA) is 54.4 Å². The Hall–Kier alpha value is -0.0900. The van der Waals surface area contributed by atoms with Crippen LogP contribution in [0.4, 0.5) is 0 Å². The van der Waals surface area contributed by atoms with Gasteiger partial charge in [-0.3, -0.25) is 4.55 Å². The van der Waals surface area contributed by atoms with Crippen LogP contribution in [0.3, 0.4) is 0 Å². The Morgan fingerprint density at radius 2 is 2.00 bits per heavy atom. The molecule has 0 aromatic rings. The average molecular weight is 150 g/mol. The van der Waals surface area contributed by atoms with E-state index in [2.05, 4.69) is 0 Å². The fraction of sp³-hybridized carbons (Fsp3) is 1.00. The van der Waals surface area contributed by atoms with Crippen LogP contribution < -0.4 is 0 Å². The zero-order valence-electron chi connectivity index (χ0n) is 5.08. The van der Waals surface area contributed by atoms with Crippen molar-refractivity contribution in [2.45, 2.75) is 19.3 Å². The van der Waals surface area contributed by atoms with Gasteiger partial charge in [-0.25, -0.2) is 0 Å². The summed E-state index contributed by atoms with van der Waals surface area (Å²) in [6, 6.07) is 0. The molecule has 0 aliphatic heterocycles. The van der Waals surface area contributed by atoms with Crippen LogP contribution in [0.2, 0.25) is 0 Å². The second-order valence-electron chi connectivity index (χ2n) is 2.55. The van der Waals surface area contributed by atoms with Crippen LogP contribution in [-0.4, -0.2) is 18.7 Å². The van der Waals surface area contributed by atoms with E-state index >= 15 is 0 Å². The van der Waals surface area contributed by atoms with Crippen LogP contribution in [0.15, 0.2) is 0 Å². The van der Waals surface area contributed by atoms with Crippen molar-refractivity contribution in [3.63, 3.8) is 0 Å². The van der Waals surface area contributed by atoms with Crippen molar-refractivity contribution in [3.05, 3.63) is 0 Å². The molecule has 0 aromatic carbocycles. The summed E-state index contributed by atoms with van der Waals surface area (Å²) >= 11 is 0. The summed E-state index contributed by atoms with van der Waals surface area (Å²) in [5.41, 5.74) is 0. The standard InChI is InChI=1S/C5H10O3S/c6-9(7,8)4-5-2-1-3-5/h5H,1-4H2,(H,6,7,8). The normalized spacial score (nSPS) is 21.4. The molecule has 1 fully saturated rings. The number of hydrogen-bond donors (Lipinski definition) is 1. The molecule has 54 valence electrons. The fourth-order valence-corrected chi connectivity index (χ4v) is 1.89. The third-order valence-corrected chi connectivity index (χ3v) is 2.56. The monoisotopic (exact) mass is 150 g/mol. The lowest BCUT2D eigenvalue weighted by atomic mass is 9.87.